The van der Waals surface area contributed by atoms with Gasteiger partial charge in [-0.15, -0.1) is 0 Å². The smallest absolute Gasteiger partial charge is 0.377 e. The van der Waals surface area contributed by atoms with Crippen LogP contribution in [-0.4, -0.2) is 90.9 Å². The Hall–Kier alpha value is -2.66. The number of carbonyl (C=O) groups excluding carboxylic acids is 3. The van der Waals surface area contributed by atoms with E-state index in [0.717, 1.165) is 11.3 Å². The zero-order valence-electron chi connectivity index (χ0n) is 21.8. The molecule has 36 heavy (non-hydrogen) atoms. The number of hydrogen-bond donors (Lipinski definition) is 3. The molecule has 1 fully saturated rings. The standard InChI is InChI=1S/C16H23BN2O3.C8H14BNO4/c1-4-22-16(20)14-10-19(17(3)21)11-15(14)18-12(2)13-8-6-5-7-9-13;1-3-14-8(12)6-4-10(9(2)13)5-7(6)11/h5-9,12,18,21H,4,10-11H2,1-3H3;6,13H,3-5H2,1-2H3/t12-;/m0./s1. The molecule has 2 atom stereocenters. The van der Waals surface area contributed by atoms with Crippen LogP contribution in [0, 0.1) is 5.92 Å². The molecule has 1 aromatic carbocycles. The molecule has 0 aromatic heterocycles. The molecule has 1 unspecified atom stereocenters. The lowest BCUT2D eigenvalue weighted by Gasteiger charge is -2.19. The molecule has 196 valence electrons. The van der Waals surface area contributed by atoms with Gasteiger partial charge in [0.1, 0.15) is 5.92 Å². The molecule has 0 saturated carbocycles. The van der Waals surface area contributed by atoms with Gasteiger partial charge in [-0.25, -0.2) is 4.79 Å². The number of carbonyl (C=O) groups is 3. The van der Waals surface area contributed by atoms with Crippen molar-refractivity contribution in [1.82, 2.24) is 14.9 Å². The van der Waals surface area contributed by atoms with E-state index in [1.807, 2.05) is 35.1 Å². The second kappa shape index (κ2) is 14.2. The van der Waals surface area contributed by atoms with Gasteiger partial charge in [0, 0.05) is 31.4 Å². The van der Waals surface area contributed by atoms with Gasteiger partial charge in [0.2, 0.25) is 0 Å². The van der Waals surface area contributed by atoms with Crippen molar-refractivity contribution in [1.29, 1.82) is 0 Å². The van der Waals surface area contributed by atoms with E-state index in [9.17, 15) is 24.4 Å². The van der Waals surface area contributed by atoms with Crippen LogP contribution < -0.4 is 5.32 Å². The fourth-order valence-corrected chi connectivity index (χ4v) is 3.99. The summed E-state index contributed by atoms with van der Waals surface area (Å²) >= 11 is 0. The van der Waals surface area contributed by atoms with Crippen molar-refractivity contribution in [3.05, 3.63) is 47.2 Å². The van der Waals surface area contributed by atoms with E-state index in [2.05, 4.69) is 12.2 Å². The van der Waals surface area contributed by atoms with E-state index in [1.165, 1.54) is 0 Å². The van der Waals surface area contributed by atoms with E-state index in [1.54, 1.807) is 32.3 Å². The minimum Gasteiger partial charge on any atom is -0.465 e. The van der Waals surface area contributed by atoms with Crippen LogP contribution in [0.3, 0.4) is 0 Å². The van der Waals surface area contributed by atoms with Gasteiger partial charge in [-0.05, 0) is 40.0 Å². The summed E-state index contributed by atoms with van der Waals surface area (Å²) in [6.07, 6.45) is 0. The van der Waals surface area contributed by atoms with Gasteiger partial charge >= 0.3 is 26.0 Å². The van der Waals surface area contributed by atoms with E-state index < -0.39 is 26.0 Å². The highest BCUT2D eigenvalue weighted by molar-refractivity contribution is 6.46. The Bertz CT molecular complexity index is 928. The summed E-state index contributed by atoms with van der Waals surface area (Å²) in [4.78, 5) is 38.1. The molecule has 0 bridgehead atoms. The van der Waals surface area contributed by atoms with Crippen LogP contribution in [-0.2, 0) is 23.9 Å². The number of Topliss-reactive ketones (excluding diaryl/α,β-unsaturated/α-hetero) is 1. The third kappa shape index (κ3) is 8.19. The lowest BCUT2D eigenvalue weighted by atomic mass is 9.85. The molecule has 0 amide bonds. The first-order valence-corrected chi connectivity index (χ1v) is 12.3. The van der Waals surface area contributed by atoms with Crippen LogP contribution in [0.15, 0.2) is 41.6 Å². The highest BCUT2D eigenvalue weighted by Gasteiger charge is 2.39. The Balaban J connectivity index is 0.000000281. The first-order valence-electron chi connectivity index (χ1n) is 12.3. The lowest BCUT2D eigenvalue weighted by Crippen LogP contribution is -2.37. The quantitative estimate of drug-likeness (QED) is 0.253. The number of benzene rings is 1. The van der Waals surface area contributed by atoms with E-state index in [-0.39, 0.29) is 37.5 Å². The fourth-order valence-electron chi connectivity index (χ4n) is 3.99. The summed E-state index contributed by atoms with van der Waals surface area (Å²) in [7, 11) is -1.30. The monoisotopic (exact) mass is 501 g/mol. The normalized spacial score (nSPS) is 18.9. The number of rotatable bonds is 9. The Labute approximate surface area is 213 Å². The van der Waals surface area contributed by atoms with Crippen LogP contribution in [0.5, 0.6) is 0 Å². The molecule has 0 radical (unpaired) electrons. The summed E-state index contributed by atoms with van der Waals surface area (Å²) in [5.74, 6) is -1.69. The average molecular weight is 501 g/mol. The van der Waals surface area contributed by atoms with Crippen LogP contribution in [0.25, 0.3) is 0 Å². The van der Waals surface area contributed by atoms with Crippen molar-refractivity contribution in [2.45, 2.75) is 40.5 Å². The topological polar surface area (TPSA) is 129 Å². The third-order valence-corrected chi connectivity index (χ3v) is 6.09. The first-order chi connectivity index (χ1) is 17.1. The highest BCUT2D eigenvalue weighted by atomic mass is 16.5. The van der Waals surface area contributed by atoms with E-state index in [0.29, 0.717) is 25.3 Å². The van der Waals surface area contributed by atoms with Gasteiger partial charge in [-0.2, -0.15) is 0 Å². The highest BCUT2D eigenvalue weighted by Crippen LogP contribution is 2.22. The SMILES string of the molecule is CCOC(=O)C1=C(N[C@@H](C)c2ccccc2)CN(B(C)O)C1.CCOC(=O)C1CN(B(C)O)CC1=O. The number of ketones is 1. The minimum atomic E-state index is -0.718. The molecule has 1 aromatic rings. The molecular weight excluding hydrogens is 464 g/mol. The van der Waals surface area contributed by atoms with Crippen molar-refractivity contribution < 1.29 is 33.9 Å². The minimum absolute atomic E-state index is 0.0783. The maximum absolute atomic E-state index is 12.1. The molecular formula is C24H37B2N3O7. The van der Waals surface area contributed by atoms with E-state index in [4.69, 9.17) is 9.47 Å². The molecule has 3 N–H and O–H groups in total. The summed E-state index contributed by atoms with van der Waals surface area (Å²) in [6.45, 7) is 10.7. The largest absolute Gasteiger partial charge is 0.465 e. The summed E-state index contributed by atoms with van der Waals surface area (Å²) < 4.78 is 9.88. The van der Waals surface area contributed by atoms with Gasteiger partial charge in [-0.1, -0.05) is 30.3 Å². The van der Waals surface area contributed by atoms with Gasteiger partial charge in [0.15, 0.2) is 5.78 Å². The zero-order chi connectivity index (χ0) is 26.8. The summed E-state index contributed by atoms with van der Waals surface area (Å²) in [5.41, 5.74) is 2.58. The van der Waals surface area contributed by atoms with Gasteiger partial charge in [-0.3, -0.25) is 9.59 Å². The lowest BCUT2D eigenvalue weighted by molar-refractivity contribution is -0.149. The molecule has 0 spiro atoms. The summed E-state index contributed by atoms with van der Waals surface area (Å²) in [6, 6.07) is 10.1. The maximum atomic E-state index is 12.1. The van der Waals surface area contributed by atoms with Gasteiger partial charge in [0.05, 0.1) is 25.3 Å². The first kappa shape index (κ1) is 29.6. The molecule has 10 nitrogen and oxygen atoms in total. The molecule has 2 heterocycles. The number of hydrogen-bond acceptors (Lipinski definition) is 10. The summed E-state index contributed by atoms with van der Waals surface area (Å²) in [5, 5.41) is 22.4. The van der Waals surface area contributed by atoms with Crippen molar-refractivity contribution in [3.8, 4) is 0 Å². The van der Waals surface area contributed by atoms with Crippen LogP contribution >= 0.6 is 0 Å². The second-order valence-electron chi connectivity index (χ2n) is 8.82. The molecule has 12 heteroatoms. The molecule has 3 rings (SSSR count). The third-order valence-electron chi connectivity index (χ3n) is 6.09. The second-order valence-corrected chi connectivity index (χ2v) is 8.82. The Kier molecular flexibility index (Phi) is 11.6. The fraction of sp³-hybridized carbons (Fsp3) is 0.542. The Morgan fingerprint density at radius 2 is 1.64 bits per heavy atom. The van der Waals surface area contributed by atoms with Gasteiger partial charge < -0.3 is 34.5 Å². The Morgan fingerprint density at radius 3 is 2.17 bits per heavy atom. The van der Waals surface area contributed by atoms with Crippen molar-refractivity contribution in [2.24, 2.45) is 5.92 Å². The zero-order valence-corrected chi connectivity index (χ0v) is 21.8. The van der Waals surface area contributed by atoms with Crippen LogP contribution in [0.4, 0.5) is 0 Å². The predicted octanol–water partition coefficient (Wildman–Crippen LogP) is 0.741. The number of ether oxygens (including phenoxy) is 2. The van der Waals surface area contributed by atoms with Crippen LogP contribution in [0.2, 0.25) is 13.6 Å². The predicted molar refractivity (Wildman–Crippen MR) is 138 cm³/mol. The number of nitrogens with zero attached hydrogens (tertiary/aromatic N) is 2. The number of nitrogens with one attached hydrogen (secondary N) is 1. The van der Waals surface area contributed by atoms with Crippen LogP contribution in [0.1, 0.15) is 32.4 Å². The van der Waals surface area contributed by atoms with Crippen molar-refractivity contribution >= 4 is 31.8 Å². The van der Waals surface area contributed by atoms with E-state index >= 15 is 0 Å². The van der Waals surface area contributed by atoms with Crippen molar-refractivity contribution in [2.75, 3.05) is 39.4 Å². The van der Waals surface area contributed by atoms with Crippen molar-refractivity contribution in [3.63, 3.8) is 0 Å². The Morgan fingerprint density at radius 1 is 1.03 bits per heavy atom. The van der Waals surface area contributed by atoms with Gasteiger partial charge in [0.25, 0.3) is 0 Å². The molecule has 2 aliphatic heterocycles. The molecule has 2 aliphatic rings. The average Bonchev–Trinajstić information content (AvgIpc) is 3.44. The number of esters is 2. The molecule has 0 aliphatic carbocycles. The maximum Gasteiger partial charge on any atom is 0.377 e. The molecule has 1 saturated heterocycles.